The summed E-state index contributed by atoms with van der Waals surface area (Å²) in [6.07, 6.45) is 3.43. The molecule has 0 aliphatic carbocycles. The van der Waals surface area contributed by atoms with Crippen LogP contribution in [-0.2, 0) is 0 Å². The van der Waals surface area contributed by atoms with E-state index in [-0.39, 0.29) is 5.91 Å². The summed E-state index contributed by atoms with van der Waals surface area (Å²) in [6, 6.07) is 5.92. The van der Waals surface area contributed by atoms with Crippen molar-refractivity contribution in [3.8, 4) is 0 Å². The molecule has 1 heterocycles. The van der Waals surface area contributed by atoms with Crippen LogP contribution in [0.5, 0.6) is 0 Å². The molecule has 0 saturated carbocycles. The molecule has 19 heavy (non-hydrogen) atoms. The molecule has 104 valence electrons. The van der Waals surface area contributed by atoms with E-state index in [1.807, 2.05) is 30.0 Å². The third-order valence-corrected chi connectivity index (χ3v) is 5.03. The second-order valence-electron chi connectivity index (χ2n) is 5.92. The van der Waals surface area contributed by atoms with Gasteiger partial charge >= 0.3 is 0 Å². The molecule has 1 fully saturated rings. The van der Waals surface area contributed by atoms with Gasteiger partial charge in [0.25, 0.3) is 5.91 Å². The number of likely N-dealkylation sites (tertiary alicyclic amines) is 1. The average molecular weight is 324 g/mol. The average Bonchev–Trinajstić information content (AvgIpc) is 2.42. The normalized spacial score (nSPS) is 18.4. The smallest absolute Gasteiger partial charge is 0.254 e. The predicted molar refractivity (Wildman–Crippen MR) is 82.4 cm³/mol. The van der Waals surface area contributed by atoms with E-state index in [1.165, 1.54) is 6.42 Å². The van der Waals surface area contributed by atoms with E-state index in [9.17, 15) is 4.79 Å². The molecule has 0 radical (unpaired) electrons. The number of hydrogen-bond acceptors (Lipinski definition) is 1. The van der Waals surface area contributed by atoms with Crippen molar-refractivity contribution in [2.75, 3.05) is 13.1 Å². The summed E-state index contributed by atoms with van der Waals surface area (Å²) < 4.78 is 0.969. The molecule has 0 aromatic heterocycles. The van der Waals surface area contributed by atoms with Gasteiger partial charge in [0.05, 0.1) is 0 Å². The van der Waals surface area contributed by atoms with Crippen LogP contribution in [0, 0.1) is 12.3 Å². The van der Waals surface area contributed by atoms with Gasteiger partial charge in [-0.1, -0.05) is 42.3 Å². The van der Waals surface area contributed by atoms with Gasteiger partial charge in [-0.3, -0.25) is 4.79 Å². The van der Waals surface area contributed by atoms with E-state index in [2.05, 4.69) is 29.8 Å². The molecule has 1 aromatic rings. The molecular formula is C16H22BrNO. The standard InChI is InChI=1S/C16H22BrNO/c1-4-16(3)7-9-18(10-8-16)15(19)14-11-13(17)6-5-12(14)2/h5-6,11H,4,7-10H2,1-3H3. The van der Waals surface area contributed by atoms with Crippen molar-refractivity contribution in [3.63, 3.8) is 0 Å². The van der Waals surface area contributed by atoms with Gasteiger partial charge in [0.15, 0.2) is 0 Å². The maximum Gasteiger partial charge on any atom is 0.254 e. The fraction of sp³-hybridized carbons (Fsp3) is 0.562. The van der Waals surface area contributed by atoms with Crippen LogP contribution in [0.3, 0.4) is 0 Å². The lowest BCUT2D eigenvalue weighted by Crippen LogP contribution is -2.42. The van der Waals surface area contributed by atoms with Crippen LogP contribution in [0.25, 0.3) is 0 Å². The van der Waals surface area contributed by atoms with Gasteiger partial charge < -0.3 is 4.90 Å². The van der Waals surface area contributed by atoms with E-state index < -0.39 is 0 Å². The maximum atomic E-state index is 12.6. The number of halogens is 1. The molecule has 0 bridgehead atoms. The van der Waals surface area contributed by atoms with Gasteiger partial charge in [-0.05, 0) is 42.9 Å². The van der Waals surface area contributed by atoms with E-state index in [0.717, 1.165) is 41.5 Å². The first-order valence-corrected chi connectivity index (χ1v) is 7.80. The molecule has 1 aromatic carbocycles. The van der Waals surface area contributed by atoms with E-state index in [0.29, 0.717) is 5.41 Å². The molecule has 3 heteroatoms. The SMILES string of the molecule is CCC1(C)CCN(C(=O)c2cc(Br)ccc2C)CC1. The number of benzene rings is 1. The van der Waals surface area contributed by atoms with Crippen LogP contribution >= 0.6 is 15.9 Å². The van der Waals surface area contributed by atoms with Crippen LogP contribution in [0.4, 0.5) is 0 Å². The number of nitrogens with zero attached hydrogens (tertiary/aromatic N) is 1. The second-order valence-corrected chi connectivity index (χ2v) is 6.83. The fourth-order valence-corrected chi connectivity index (χ4v) is 2.96. The number of rotatable bonds is 2. The van der Waals surface area contributed by atoms with Gasteiger partial charge in [0.2, 0.25) is 0 Å². The van der Waals surface area contributed by atoms with Crippen LogP contribution in [0.2, 0.25) is 0 Å². The van der Waals surface area contributed by atoms with Crippen molar-refractivity contribution >= 4 is 21.8 Å². The van der Waals surface area contributed by atoms with Gasteiger partial charge in [-0.15, -0.1) is 0 Å². The Morgan fingerprint density at radius 1 is 1.37 bits per heavy atom. The largest absolute Gasteiger partial charge is 0.339 e. The van der Waals surface area contributed by atoms with Crippen molar-refractivity contribution in [3.05, 3.63) is 33.8 Å². The molecule has 0 spiro atoms. The summed E-state index contributed by atoms with van der Waals surface area (Å²) in [4.78, 5) is 14.6. The predicted octanol–water partition coefficient (Wildman–Crippen LogP) is 4.41. The summed E-state index contributed by atoms with van der Waals surface area (Å²) in [5, 5.41) is 0. The number of carbonyl (C=O) groups is 1. The lowest BCUT2D eigenvalue weighted by Gasteiger charge is -2.39. The second kappa shape index (κ2) is 5.66. The lowest BCUT2D eigenvalue weighted by molar-refractivity contribution is 0.0599. The highest BCUT2D eigenvalue weighted by molar-refractivity contribution is 9.10. The zero-order valence-electron chi connectivity index (χ0n) is 12.0. The highest BCUT2D eigenvalue weighted by Gasteiger charge is 2.30. The van der Waals surface area contributed by atoms with E-state index in [4.69, 9.17) is 0 Å². The van der Waals surface area contributed by atoms with Crippen LogP contribution in [0.15, 0.2) is 22.7 Å². The Morgan fingerprint density at radius 2 is 2.00 bits per heavy atom. The van der Waals surface area contributed by atoms with Gasteiger partial charge in [0.1, 0.15) is 0 Å². The molecule has 0 atom stereocenters. The first-order chi connectivity index (χ1) is 8.95. The molecule has 0 unspecified atom stereocenters. The van der Waals surface area contributed by atoms with Crippen molar-refractivity contribution in [2.45, 2.75) is 40.0 Å². The molecule has 1 aliphatic rings. The molecule has 2 rings (SSSR count). The minimum Gasteiger partial charge on any atom is -0.339 e. The third-order valence-electron chi connectivity index (χ3n) is 4.54. The number of hydrogen-bond donors (Lipinski definition) is 0. The minimum absolute atomic E-state index is 0.178. The molecule has 2 nitrogen and oxygen atoms in total. The highest BCUT2D eigenvalue weighted by Crippen LogP contribution is 2.34. The van der Waals surface area contributed by atoms with Gasteiger partial charge in [-0.25, -0.2) is 0 Å². The van der Waals surface area contributed by atoms with Gasteiger partial charge in [0, 0.05) is 23.1 Å². The van der Waals surface area contributed by atoms with Crippen LogP contribution in [0.1, 0.15) is 49.0 Å². The highest BCUT2D eigenvalue weighted by atomic mass is 79.9. The Labute approximate surface area is 124 Å². The summed E-state index contributed by atoms with van der Waals surface area (Å²) in [6.45, 7) is 8.35. The van der Waals surface area contributed by atoms with Crippen molar-refractivity contribution in [1.29, 1.82) is 0 Å². The summed E-state index contributed by atoms with van der Waals surface area (Å²) in [5.41, 5.74) is 2.30. The Hall–Kier alpha value is -0.830. The number of amides is 1. The topological polar surface area (TPSA) is 20.3 Å². The molecule has 0 N–H and O–H groups in total. The Balaban J connectivity index is 2.11. The monoisotopic (exact) mass is 323 g/mol. The Bertz CT molecular complexity index is 476. The Morgan fingerprint density at radius 3 is 2.58 bits per heavy atom. The quantitative estimate of drug-likeness (QED) is 0.789. The first-order valence-electron chi connectivity index (χ1n) is 7.00. The summed E-state index contributed by atoms with van der Waals surface area (Å²) in [7, 11) is 0. The Kier molecular flexibility index (Phi) is 4.34. The maximum absolute atomic E-state index is 12.6. The minimum atomic E-state index is 0.178. The molecular weight excluding hydrogens is 302 g/mol. The lowest BCUT2D eigenvalue weighted by atomic mass is 9.78. The summed E-state index contributed by atoms with van der Waals surface area (Å²) >= 11 is 3.45. The molecule has 1 amide bonds. The van der Waals surface area contributed by atoms with Crippen molar-refractivity contribution in [1.82, 2.24) is 4.90 Å². The fourth-order valence-electron chi connectivity index (χ4n) is 2.60. The van der Waals surface area contributed by atoms with E-state index >= 15 is 0 Å². The molecule has 1 saturated heterocycles. The third kappa shape index (κ3) is 3.19. The first kappa shape index (κ1) is 14.6. The zero-order chi connectivity index (χ0) is 14.0. The van der Waals surface area contributed by atoms with Crippen LogP contribution in [-0.4, -0.2) is 23.9 Å². The van der Waals surface area contributed by atoms with Crippen LogP contribution < -0.4 is 0 Å². The number of aryl methyl sites for hydroxylation is 1. The summed E-state index contributed by atoms with van der Waals surface area (Å²) in [5.74, 6) is 0.178. The van der Waals surface area contributed by atoms with E-state index in [1.54, 1.807) is 0 Å². The van der Waals surface area contributed by atoms with Crippen molar-refractivity contribution in [2.24, 2.45) is 5.41 Å². The number of carbonyl (C=O) groups excluding carboxylic acids is 1. The zero-order valence-corrected chi connectivity index (χ0v) is 13.6. The van der Waals surface area contributed by atoms with Gasteiger partial charge in [-0.2, -0.15) is 0 Å². The van der Waals surface area contributed by atoms with Crippen molar-refractivity contribution < 1.29 is 4.79 Å². The molecule has 1 aliphatic heterocycles. The number of piperidine rings is 1.